The van der Waals surface area contributed by atoms with Crippen molar-refractivity contribution in [2.24, 2.45) is 0 Å². The predicted molar refractivity (Wildman–Crippen MR) is 55.8 cm³/mol. The Morgan fingerprint density at radius 3 is 2.15 bits per heavy atom. The molecule has 1 aromatic rings. The quantitative estimate of drug-likeness (QED) is 0.478. The van der Waals surface area contributed by atoms with Gasteiger partial charge in [0.2, 0.25) is 5.78 Å². The minimum atomic E-state index is -6.01. The van der Waals surface area contributed by atoms with E-state index in [0.717, 1.165) is 0 Å². The molecular formula is C12H5F5O3. The maximum Gasteiger partial charge on any atom is 0.461 e. The highest BCUT2D eigenvalue weighted by Crippen LogP contribution is 2.38. The van der Waals surface area contributed by atoms with E-state index in [1.165, 1.54) is 24.3 Å². The molecule has 106 valence electrons. The lowest BCUT2D eigenvalue weighted by molar-refractivity contribution is -0.266. The molecule has 0 saturated carbocycles. The largest absolute Gasteiger partial charge is 0.461 e. The molecule has 0 radical (unpaired) electrons. The monoisotopic (exact) mass is 292 g/mol. The Hall–Kier alpha value is -2.25. The van der Waals surface area contributed by atoms with Crippen LogP contribution in [-0.4, -0.2) is 23.9 Å². The average Bonchev–Trinajstić information content (AvgIpc) is 2.65. The molecule has 0 N–H and O–H groups in total. The van der Waals surface area contributed by atoms with Crippen molar-refractivity contribution in [2.45, 2.75) is 12.1 Å². The topological polar surface area (TPSA) is 43.4 Å². The standard InChI is InChI=1S/C12H5F5O3/c13-11(14,12(15,16)17)9(18)5-8-6-3-1-2-4-7(6)10(19)20-8/h1-5H/b8-5-. The molecule has 0 spiro atoms. The number of hydrogen-bond donors (Lipinski definition) is 0. The molecule has 1 aromatic carbocycles. The number of alkyl halides is 5. The molecule has 0 aliphatic carbocycles. The van der Waals surface area contributed by atoms with Crippen LogP contribution in [0.4, 0.5) is 22.0 Å². The van der Waals surface area contributed by atoms with Crippen molar-refractivity contribution in [3.63, 3.8) is 0 Å². The number of halogens is 5. The molecule has 0 aromatic heterocycles. The molecule has 0 bridgehead atoms. The van der Waals surface area contributed by atoms with Gasteiger partial charge in [0.15, 0.2) is 0 Å². The first kappa shape index (κ1) is 14.2. The van der Waals surface area contributed by atoms with E-state index in [2.05, 4.69) is 4.74 Å². The molecule has 1 heterocycles. The summed E-state index contributed by atoms with van der Waals surface area (Å²) in [6.07, 6.45) is -6.03. The third kappa shape index (κ3) is 2.17. The normalized spacial score (nSPS) is 17.1. The van der Waals surface area contributed by atoms with Crippen molar-refractivity contribution in [1.29, 1.82) is 0 Å². The molecule has 1 aliphatic rings. The summed E-state index contributed by atoms with van der Waals surface area (Å²) in [5.74, 6) is -9.58. The molecule has 2 rings (SSSR count). The van der Waals surface area contributed by atoms with Crippen LogP contribution >= 0.6 is 0 Å². The van der Waals surface area contributed by atoms with Gasteiger partial charge in [-0.1, -0.05) is 18.2 Å². The SMILES string of the molecule is O=C1O/C(=C\C(=O)C(F)(F)C(F)(F)F)c2ccccc21. The second-order valence-electron chi connectivity index (χ2n) is 3.88. The number of carbonyl (C=O) groups excluding carboxylic acids is 2. The highest BCUT2D eigenvalue weighted by Gasteiger charge is 2.62. The van der Waals surface area contributed by atoms with E-state index >= 15 is 0 Å². The number of ether oxygens (including phenoxy) is 1. The van der Waals surface area contributed by atoms with Gasteiger partial charge in [-0.25, -0.2) is 4.79 Å². The first-order valence-corrected chi connectivity index (χ1v) is 5.17. The molecular weight excluding hydrogens is 287 g/mol. The molecule has 0 atom stereocenters. The smallest absolute Gasteiger partial charge is 0.422 e. The molecule has 3 nitrogen and oxygen atoms in total. The van der Waals surface area contributed by atoms with Crippen LogP contribution in [0.5, 0.6) is 0 Å². The lowest BCUT2D eigenvalue weighted by atomic mass is 10.1. The van der Waals surface area contributed by atoms with E-state index in [0.29, 0.717) is 0 Å². The van der Waals surface area contributed by atoms with E-state index in [4.69, 9.17) is 0 Å². The number of cyclic esters (lactones) is 1. The number of esters is 1. The van der Waals surface area contributed by atoms with Crippen LogP contribution < -0.4 is 0 Å². The number of rotatable bonds is 2. The van der Waals surface area contributed by atoms with Gasteiger partial charge in [0.25, 0.3) is 0 Å². The van der Waals surface area contributed by atoms with E-state index in [1.54, 1.807) is 0 Å². The van der Waals surface area contributed by atoms with Gasteiger partial charge in [-0.15, -0.1) is 0 Å². The summed E-state index contributed by atoms with van der Waals surface area (Å²) in [7, 11) is 0. The van der Waals surface area contributed by atoms with Crippen molar-refractivity contribution in [3.8, 4) is 0 Å². The first-order chi connectivity index (χ1) is 9.14. The van der Waals surface area contributed by atoms with E-state index < -0.39 is 29.6 Å². The van der Waals surface area contributed by atoms with Gasteiger partial charge in [-0.2, -0.15) is 22.0 Å². The maximum atomic E-state index is 12.8. The third-order valence-electron chi connectivity index (χ3n) is 2.54. The van der Waals surface area contributed by atoms with Crippen LogP contribution in [0, 0.1) is 0 Å². The zero-order valence-corrected chi connectivity index (χ0v) is 9.50. The lowest BCUT2D eigenvalue weighted by Crippen LogP contribution is -2.43. The van der Waals surface area contributed by atoms with E-state index in [1.807, 2.05) is 0 Å². The summed E-state index contributed by atoms with van der Waals surface area (Å²) in [4.78, 5) is 22.4. The van der Waals surface area contributed by atoms with E-state index in [9.17, 15) is 31.5 Å². The van der Waals surface area contributed by atoms with Crippen molar-refractivity contribution in [3.05, 3.63) is 41.5 Å². The summed E-state index contributed by atoms with van der Waals surface area (Å²) >= 11 is 0. The predicted octanol–water partition coefficient (Wildman–Crippen LogP) is 2.96. The van der Waals surface area contributed by atoms with Gasteiger partial charge in [0, 0.05) is 11.6 Å². The van der Waals surface area contributed by atoms with Crippen molar-refractivity contribution in [1.82, 2.24) is 0 Å². The Morgan fingerprint density at radius 2 is 1.60 bits per heavy atom. The fourth-order valence-electron chi connectivity index (χ4n) is 1.54. The summed E-state index contributed by atoms with van der Waals surface area (Å²) < 4.78 is 66.2. The minimum absolute atomic E-state index is 0.0103. The third-order valence-corrected chi connectivity index (χ3v) is 2.54. The Kier molecular flexibility index (Phi) is 3.11. The van der Waals surface area contributed by atoms with E-state index in [-0.39, 0.29) is 17.2 Å². The first-order valence-electron chi connectivity index (χ1n) is 5.17. The second kappa shape index (κ2) is 4.39. The van der Waals surface area contributed by atoms with Crippen LogP contribution in [0.1, 0.15) is 15.9 Å². The molecule has 8 heteroatoms. The van der Waals surface area contributed by atoms with Gasteiger partial charge < -0.3 is 4.74 Å². The highest BCUT2D eigenvalue weighted by atomic mass is 19.4. The molecule has 20 heavy (non-hydrogen) atoms. The Labute approximate surface area is 108 Å². The Morgan fingerprint density at radius 1 is 1.05 bits per heavy atom. The molecule has 0 fully saturated rings. The summed E-state index contributed by atoms with van der Waals surface area (Å²) in [6, 6.07) is 5.44. The summed E-state index contributed by atoms with van der Waals surface area (Å²) in [6.45, 7) is 0. The van der Waals surface area contributed by atoms with Crippen LogP contribution in [-0.2, 0) is 9.53 Å². The molecule has 1 aliphatic heterocycles. The van der Waals surface area contributed by atoms with Gasteiger partial charge in [0.05, 0.1) is 5.56 Å². The number of carbonyl (C=O) groups is 2. The fraction of sp³-hybridized carbons (Fsp3) is 0.167. The van der Waals surface area contributed by atoms with Gasteiger partial charge in [-0.3, -0.25) is 4.79 Å². The van der Waals surface area contributed by atoms with Crippen molar-refractivity contribution >= 4 is 17.5 Å². The average molecular weight is 292 g/mol. The number of hydrogen-bond acceptors (Lipinski definition) is 3. The maximum absolute atomic E-state index is 12.8. The van der Waals surface area contributed by atoms with Crippen molar-refractivity contribution < 1.29 is 36.3 Å². The summed E-state index contributed by atoms with van der Waals surface area (Å²) in [5.41, 5.74) is -0.0225. The number of fused-ring (bicyclic) bond motifs is 1. The van der Waals surface area contributed by atoms with Gasteiger partial charge in [-0.05, 0) is 6.07 Å². The Balaban J connectivity index is 2.40. The van der Waals surface area contributed by atoms with Gasteiger partial charge in [0.1, 0.15) is 5.76 Å². The van der Waals surface area contributed by atoms with Gasteiger partial charge >= 0.3 is 18.1 Å². The van der Waals surface area contributed by atoms with Crippen LogP contribution in [0.3, 0.4) is 0 Å². The highest BCUT2D eigenvalue weighted by molar-refractivity contribution is 6.08. The number of allylic oxidation sites excluding steroid dienone is 1. The number of benzene rings is 1. The zero-order chi connectivity index (χ0) is 15.1. The minimum Gasteiger partial charge on any atom is -0.422 e. The summed E-state index contributed by atoms with van der Waals surface area (Å²) in [5, 5.41) is 0. The van der Waals surface area contributed by atoms with Crippen LogP contribution in [0.15, 0.2) is 30.3 Å². The zero-order valence-electron chi connectivity index (χ0n) is 9.50. The van der Waals surface area contributed by atoms with Crippen LogP contribution in [0.25, 0.3) is 5.76 Å². The van der Waals surface area contributed by atoms with Crippen LogP contribution in [0.2, 0.25) is 0 Å². The van der Waals surface area contributed by atoms with Crippen molar-refractivity contribution in [2.75, 3.05) is 0 Å². The fourth-order valence-corrected chi connectivity index (χ4v) is 1.54. The molecule has 0 amide bonds. The second-order valence-corrected chi connectivity index (χ2v) is 3.88. The molecule has 0 saturated heterocycles. The molecule has 0 unspecified atom stereocenters. The lowest BCUT2D eigenvalue weighted by Gasteiger charge is -2.16. The Bertz CT molecular complexity index is 616. The number of ketones is 1.